The Morgan fingerprint density at radius 3 is 2.88 bits per heavy atom. The maximum absolute atomic E-state index is 10.1. The first kappa shape index (κ1) is 9.97. The van der Waals surface area contributed by atoms with Gasteiger partial charge in [0.05, 0.1) is 19.3 Å². The van der Waals surface area contributed by atoms with E-state index in [0.29, 0.717) is 5.92 Å². The van der Waals surface area contributed by atoms with Gasteiger partial charge in [0.2, 0.25) is 0 Å². The smallest absolute Gasteiger partial charge is 0.120 e. The van der Waals surface area contributed by atoms with Crippen LogP contribution in [0.4, 0.5) is 5.69 Å². The lowest BCUT2D eigenvalue weighted by Gasteiger charge is -2.32. The Balaban J connectivity index is 1.89. The highest BCUT2D eigenvalue weighted by Crippen LogP contribution is 2.40. The molecule has 2 N–H and O–H groups in total. The summed E-state index contributed by atoms with van der Waals surface area (Å²) in [6.45, 7) is 0. The zero-order chi connectivity index (χ0) is 11.1. The minimum atomic E-state index is -0.242. The molecule has 1 saturated carbocycles. The van der Waals surface area contributed by atoms with Gasteiger partial charge in [0.1, 0.15) is 5.75 Å². The topological polar surface area (TPSA) is 41.5 Å². The molecule has 1 aliphatic heterocycles. The fraction of sp³-hybridized carbons (Fsp3) is 0.538. The standard InChI is InChI=1S/C13H17NO2/c1-16-10-5-4-9-6-12(15)13(8-2-3-8)14-11(9)7-10/h4-5,7-8,12-15H,2-3,6H2,1H3. The van der Waals surface area contributed by atoms with Crippen molar-refractivity contribution in [2.24, 2.45) is 5.92 Å². The van der Waals surface area contributed by atoms with Crippen LogP contribution in [0.1, 0.15) is 18.4 Å². The lowest BCUT2D eigenvalue weighted by molar-refractivity contribution is 0.139. The third-order valence-electron chi connectivity index (χ3n) is 3.61. The van der Waals surface area contributed by atoms with Crippen molar-refractivity contribution >= 4 is 5.69 Å². The molecule has 16 heavy (non-hydrogen) atoms. The summed E-state index contributed by atoms with van der Waals surface area (Å²) in [5.74, 6) is 1.53. The molecule has 0 aromatic heterocycles. The zero-order valence-corrected chi connectivity index (χ0v) is 9.44. The van der Waals surface area contributed by atoms with Gasteiger partial charge in [0, 0.05) is 18.2 Å². The summed E-state index contributed by atoms with van der Waals surface area (Å²) in [7, 11) is 1.68. The van der Waals surface area contributed by atoms with Crippen molar-refractivity contribution in [1.29, 1.82) is 0 Å². The second-order valence-electron chi connectivity index (χ2n) is 4.80. The van der Waals surface area contributed by atoms with E-state index >= 15 is 0 Å². The average molecular weight is 219 g/mol. The van der Waals surface area contributed by atoms with Crippen molar-refractivity contribution in [1.82, 2.24) is 0 Å². The van der Waals surface area contributed by atoms with Crippen LogP contribution in [0, 0.1) is 5.92 Å². The van der Waals surface area contributed by atoms with Crippen LogP contribution in [0.15, 0.2) is 18.2 Å². The van der Waals surface area contributed by atoms with Crippen LogP contribution in [-0.4, -0.2) is 24.4 Å². The number of hydrogen-bond donors (Lipinski definition) is 2. The Hall–Kier alpha value is -1.22. The normalized spacial score (nSPS) is 28.1. The fourth-order valence-corrected chi connectivity index (χ4v) is 2.51. The maximum Gasteiger partial charge on any atom is 0.120 e. The van der Waals surface area contributed by atoms with Crippen molar-refractivity contribution in [3.8, 4) is 5.75 Å². The number of aliphatic hydroxyl groups is 1. The molecular weight excluding hydrogens is 202 g/mol. The molecule has 1 aromatic carbocycles. The third-order valence-corrected chi connectivity index (χ3v) is 3.61. The van der Waals surface area contributed by atoms with Crippen molar-refractivity contribution in [2.75, 3.05) is 12.4 Å². The number of rotatable bonds is 2. The quantitative estimate of drug-likeness (QED) is 0.797. The molecule has 1 fully saturated rings. The third kappa shape index (κ3) is 1.65. The van der Waals surface area contributed by atoms with Crippen LogP contribution in [-0.2, 0) is 6.42 Å². The molecule has 0 spiro atoms. The number of nitrogens with one attached hydrogen (secondary N) is 1. The Morgan fingerprint density at radius 2 is 2.19 bits per heavy atom. The lowest BCUT2D eigenvalue weighted by Crippen LogP contribution is -2.40. The van der Waals surface area contributed by atoms with Gasteiger partial charge in [-0.25, -0.2) is 0 Å². The Kier molecular flexibility index (Phi) is 2.28. The molecule has 0 amide bonds. The highest BCUT2D eigenvalue weighted by atomic mass is 16.5. The van der Waals surface area contributed by atoms with Gasteiger partial charge in [-0.15, -0.1) is 0 Å². The lowest BCUT2D eigenvalue weighted by atomic mass is 9.92. The zero-order valence-electron chi connectivity index (χ0n) is 9.44. The molecule has 3 nitrogen and oxygen atoms in total. The fourth-order valence-electron chi connectivity index (χ4n) is 2.51. The van der Waals surface area contributed by atoms with Crippen molar-refractivity contribution in [2.45, 2.75) is 31.4 Å². The monoisotopic (exact) mass is 219 g/mol. The summed E-state index contributed by atoms with van der Waals surface area (Å²) in [4.78, 5) is 0. The SMILES string of the molecule is COc1ccc2c(c1)NC(C1CC1)C(O)C2. The summed E-state index contributed by atoms with van der Waals surface area (Å²) in [5, 5.41) is 13.5. The highest BCUT2D eigenvalue weighted by Gasteiger charge is 2.38. The Bertz CT molecular complexity index is 401. The van der Waals surface area contributed by atoms with Crippen molar-refractivity contribution in [3.63, 3.8) is 0 Å². The first-order chi connectivity index (χ1) is 7.78. The Labute approximate surface area is 95.4 Å². The van der Waals surface area contributed by atoms with E-state index in [4.69, 9.17) is 4.74 Å². The molecule has 0 saturated heterocycles. The minimum Gasteiger partial charge on any atom is -0.497 e. The van der Waals surface area contributed by atoms with Gasteiger partial charge in [-0.1, -0.05) is 6.07 Å². The molecule has 1 aromatic rings. The van der Waals surface area contributed by atoms with E-state index in [0.717, 1.165) is 17.9 Å². The molecule has 2 unspecified atom stereocenters. The number of fused-ring (bicyclic) bond motifs is 1. The van der Waals surface area contributed by atoms with Crippen molar-refractivity contribution in [3.05, 3.63) is 23.8 Å². The predicted octanol–water partition coefficient (Wildman–Crippen LogP) is 1.80. The van der Waals surface area contributed by atoms with Crippen LogP contribution >= 0.6 is 0 Å². The van der Waals surface area contributed by atoms with Gasteiger partial charge in [-0.2, -0.15) is 0 Å². The van der Waals surface area contributed by atoms with E-state index in [-0.39, 0.29) is 12.1 Å². The molecule has 86 valence electrons. The van der Waals surface area contributed by atoms with Gasteiger partial charge >= 0.3 is 0 Å². The van der Waals surface area contributed by atoms with Gasteiger partial charge in [0.25, 0.3) is 0 Å². The van der Waals surface area contributed by atoms with Crippen LogP contribution in [0.25, 0.3) is 0 Å². The number of aliphatic hydroxyl groups excluding tert-OH is 1. The summed E-state index contributed by atoms with van der Waals surface area (Å²) in [6, 6.07) is 6.24. The van der Waals surface area contributed by atoms with E-state index in [1.54, 1.807) is 7.11 Å². The van der Waals surface area contributed by atoms with E-state index in [1.807, 2.05) is 18.2 Å². The predicted molar refractivity (Wildman–Crippen MR) is 62.8 cm³/mol. The van der Waals surface area contributed by atoms with Crippen LogP contribution < -0.4 is 10.1 Å². The molecule has 2 atom stereocenters. The van der Waals surface area contributed by atoms with E-state index < -0.39 is 0 Å². The van der Waals surface area contributed by atoms with Gasteiger partial charge < -0.3 is 15.2 Å². The van der Waals surface area contributed by atoms with Gasteiger partial charge in [0.15, 0.2) is 0 Å². The summed E-state index contributed by atoms with van der Waals surface area (Å²) < 4.78 is 5.22. The molecule has 3 heteroatoms. The molecule has 1 aliphatic carbocycles. The largest absolute Gasteiger partial charge is 0.497 e. The highest BCUT2D eigenvalue weighted by molar-refractivity contribution is 5.58. The number of hydrogen-bond acceptors (Lipinski definition) is 3. The second-order valence-corrected chi connectivity index (χ2v) is 4.80. The Morgan fingerprint density at radius 1 is 1.38 bits per heavy atom. The summed E-state index contributed by atoms with van der Waals surface area (Å²) >= 11 is 0. The average Bonchev–Trinajstić information content (AvgIpc) is 3.11. The van der Waals surface area contributed by atoms with Crippen LogP contribution in [0.5, 0.6) is 5.75 Å². The number of anilines is 1. The number of benzene rings is 1. The van der Waals surface area contributed by atoms with Crippen LogP contribution in [0.3, 0.4) is 0 Å². The van der Waals surface area contributed by atoms with E-state index in [1.165, 1.54) is 18.4 Å². The molecule has 0 radical (unpaired) electrons. The van der Waals surface area contributed by atoms with Gasteiger partial charge in [-0.3, -0.25) is 0 Å². The molecule has 1 heterocycles. The summed E-state index contributed by atoms with van der Waals surface area (Å²) in [6.07, 6.45) is 3.00. The minimum absolute atomic E-state index is 0.236. The first-order valence-electron chi connectivity index (χ1n) is 5.89. The van der Waals surface area contributed by atoms with E-state index in [2.05, 4.69) is 5.32 Å². The molecule has 2 aliphatic rings. The molecular formula is C13H17NO2. The first-order valence-corrected chi connectivity index (χ1v) is 5.89. The summed E-state index contributed by atoms with van der Waals surface area (Å²) in [5.41, 5.74) is 2.31. The second kappa shape index (κ2) is 3.67. The van der Waals surface area contributed by atoms with Crippen molar-refractivity contribution < 1.29 is 9.84 Å². The molecule has 0 bridgehead atoms. The maximum atomic E-state index is 10.1. The van der Waals surface area contributed by atoms with E-state index in [9.17, 15) is 5.11 Å². The number of methoxy groups -OCH3 is 1. The molecule has 3 rings (SSSR count). The van der Waals surface area contributed by atoms with Crippen LogP contribution in [0.2, 0.25) is 0 Å². The van der Waals surface area contributed by atoms with Gasteiger partial charge in [-0.05, 0) is 30.4 Å². The number of ether oxygens (including phenoxy) is 1.